The molecular formula is C30H41N3O8. The summed E-state index contributed by atoms with van der Waals surface area (Å²) in [7, 11) is 0. The van der Waals surface area contributed by atoms with Gasteiger partial charge in [0.2, 0.25) is 5.91 Å². The van der Waals surface area contributed by atoms with E-state index in [4.69, 9.17) is 14.2 Å². The van der Waals surface area contributed by atoms with E-state index in [0.717, 1.165) is 11.1 Å². The summed E-state index contributed by atoms with van der Waals surface area (Å²) in [6.45, 7) is 7.29. The van der Waals surface area contributed by atoms with Gasteiger partial charge in [-0.2, -0.15) is 0 Å². The summed E-state index contributed by atoms with van der Waals surface area (Å²) < 4.78 is 16.3. The van der Waals surface area contributed by atoms with E-state index in [-0.39, 0.29) is 26.2 Å². The highest BCUT2D eigenvalue weighted by Gasteiger charge is 2.32. The Kier molecular flexibility index (Phi) is 13.6. The molecule has 0 fully saturated rings. The van der Waals surface area contributed by atoms with Crippen LogP contribution < -0.4 is 16.0 Å². The van der Waals surface area contributed by atoms with Crippen molar-refractivity contribution in [3.8, 4) is 0 Å². The summed E-state index contributed by atoms with van der Waals surface area (Å²) in [5.41, 5.74) is 0.934. The fraction of sp³-hybridized carbons (Fsp3) is 0.467. The molecule has 41 heavy (non-hydrogen) atoms. The lowest BCUT2D eigenvalue weighted by Gasteiger charge is -2.28. The van der Waals surface area contributed by atoms with Crippen LogP contribution in [0, 0.1) is 0 Å². The van der Waals surface area contributed by atoms with Gasteiger partial charge in [0, 0.05) is 6.54 Å². The lowest BCUT2D eigenvalue weighted by molar-refractivity contribution is -0.143. The molecule has 4 N–H and O–H groups in total. The average Bonchev–Trinajstić information content (AvgIpc) is 2.92. The molecule has 0 aliphatic heterocycles. The number of aliphatic carboxylic acids is 1. The third-order valence-corrected chi connectivity index (χ3v) is 5.80. The summed E-state index contributed by atoms with van der Waals surface area (Å²) in [4.78, 5) is 49.4. The predicted molar refractivity (Wildman–Crippen MR) is 152 cm³/mol. The van der Waals surface area contributed by atoms with Gasteiger partial charge in [-0.05, 0) is 58.1 Å². The average molecular weight is 572 g/mol. The van der Waals surface area contributed by atoms with Crippen LogP contribution in [-0.4, -0.2) is 59.5 Å². The van der Waals surface area contributed by atoms with Crippen LogP contribution >= 0.6 is 0 Å². The fourth-order valence-electron chi connectivity index (χ4n) is 3.69. The van der Waals surface area contributed by atoms with E-state index >= 15 is 0 Å². The number of hydrogen-bond acceptors (Lipinski definition) is 7. The van der Waals surface area contributed by atoms with Crippen LogP contribution in [0.25, 0.3) is 0 Å². The standard InChI is InChI=1S/C30H41N3O8/c1-21(39-19-22-13-7-5-8-14-22)25(33-29(38)41-30(2,3)4)26(34)32-24(27(35)36)17-11-12-18-31-28(37)40-20-23-15-9-6-10-16-23/h5-10,13-16,21,24-25H,11-12,17-20H2,1-4H3,(H,31,37)(H,32,34)(H,33,38)(H,35,36)/t21-,24+,25+/m1/s1. The van der Waals surface area contributed by atoms with Crippen molar-refractivity contribution in [3.05, 3.63) is 71.8 Å². The Morgan fingerprint density at radius 1 is 0.829 bits per heavy atom. The SMILES string of the molecule is C[C@@H](OCc1ccccc1)[C@H](NC(=O)OC(C)(C)C)C(=O)N[C@@H](CCCCNC(=O)OCc1ccccc1)C(=O)O. The smallest absolute Gasteiger partial charge is 0.408 e. The molecule has 0 heterocycles. The van der Waals surface area contributed by atoms with Crippen molar-refractivity contribution < 1.29 is 38.5 Å². The number of unbranched alkanes of at least 4 members (excludes halogenated alkanes) is 1. The van der Waals surface area contributed by atoms with Gasteiger partial charge < -0.3 is 35.3 Å². The summed E-state index contributed by atoms with van der Waals surface area (Å²) in [5, 5.41) is 17.3. The molecule has 0 saturated carbocycles. The van der Waals surface area contributed by atoms with E-state index in [1.54, 1.807) is 27.7 Å². The van der Waals surface area contributed by atoms with Crippen LogP contribution in [-0.2, 0) is 37.0 Å². The van der Waals surface area contributed by atoms with Gasteiger partial charge in [0.15, 0.2) is 0 Å². The minimum absolute atomic E-state index is 0.111. The maximum atomic E-state index is 13.2. The topological polar surface area (TPSA) is 152 Å². The molecule has 0 aromatic heterocycles. The van der Waals surface area contributed by atoms with Gasteiger partial charge in [0.1, 0.15) is 24.3 Å². The molecular weight excluding hydrogens is 530 g/mol. The third-order valence-electron chi connectivity index (χ3n) is 5.80. The number of carboxylic acid groups (broad SMARTS) is 1. The van der Waals surface area contributed by atoms with E-state index in [1.165, 1.54) is 0 Å². The van der Waals surface area contributed by atoms with Gasteiger partial charge in [0.05, 0.1) is 12.7 Å². The van der Waals surface area contributed by atoms with E-state index < -0.39 is 47.9 Å². The first kappa shape index (κ1) is 33.1. The largest absolute Gasteiger partial charge is 0.480 e. The molecule has 0 bridgehead atoms. The molecule has 2 rings (SSSR count). The van der Waals surface area contributed by atoms with Gasteiger partial charge in [-0.1, -0.05) is 60.7 Å². The third kappa shape index (κ3) is 13.7. The van der Waals surface area contributed by atoms with Crippen molar-refractivity contribution in [2.45, 2.75) is 84.0 Å². The lowest BCUT2D eigenvalue weighted by Crippen LogP contribution is -2.56. The Bertz CT molecular complexity index is 1110. The van der Waals surface area contributed by atoms with Crippen molar-refractivity contribution in [3.63, 3.8) is 0 Å². The zero-order valence-corrected chi connectivity index (χ0v) is 24.1. The maximum absolute atomic E-state index is 13.2. The van der Waals surface area contributed by atoms with E-state index in [9.17, 15) is 24.3 Å². The number of hydrogen-bond donors (Lipinski definition) is 4. The molecule has 0 aliphatic carbocycles. The number of carbonyl (C=O) groups is 4. The van der Waals surface area contributed by atoms with Crippen LogP contribution in [0.1, 0.15) is 58.1 Å². The van der Waals surface area contributed by atoms with Crippen molar-refractivity contribution >= 4 is 24.1 Å². The van der Waals surface area contributed by atoms with Gasteiger partial charge in [-0.15, -0.1) is 0 Å². The highest BCUT2D eigenvalue weighted by Crippen LogP contribution is 2.11. The Morgan fingerprint density at radius 2 is 1.41 bits per heavy atom. The number of carbonyl (C=O) groups excluding carboxylic acids is 3. The maximum Gasteiger partial charge on any atom is 0.408 e. The molecule has 0 aliphatic rings. The number of amides is 3. The zero-order chi connectivity index (χ0) is 30.3. The first-order chi connectivity index (χ1) is 19.4. The minimum atomic E-state index is -1.22. The van der Waals surface area contributed by atoms with Crippen molar-refractivity contribution in [1.29, 1.82) is 0 Å². The fourth-order valence-corrected chi connectivity index (χ4v) is 3.69. The number of carboxylic acids is 1. The Labute approximate surface area is 240 Å². The second-order valence-electron chi connectivity index (χ2n) is 10.5. The number of ether oxygens (including phenoxy) is 3. The molecule has 3 atom stereocenters. The lowest BCUT2D eigenvalue weighted by atomic mass is 10.1. The van der Waals surface area contributed by atoms with Crippen LogP contribution in [0.2, 0.25) is 0 Å². The molecule has 11 heteroatoms. The second-order valence-corrected chi connectivity index (χ2v) is 10.5. The molecule has 2 aromatic rings. The summed E-state index contributed by atoms with van der Waals surface area (Å²) in [6, 6.07) is 16.1. The Balaban J connectivity index is 1.88. The molecule has 224 valence electrons. The quantitative estimate of drug-likeness (QED) is 0.233. The van der Waals surface area contributed by atoms with E-state index in [1.807, 2.05) is 60.7 Å². The first-order valence-electron chi connectivity index (χ1n) is 13.6. The first-order valence-corrected chi connectivity index (χ1v) is 13.6. The number of benzene rings is 2. The summed E-state index contributed by atoms with van der Waals surface area (Å²) in [5.74, 6) is -1.94. The molecule has 0 saturated heterocycles. The highest BCUT2D eigenvalue weighted by atomic mass is 16.6. The Hall–Kier alpha value is -4.12. The summed E-state index contributed by atoms with van der Waals surface area (Å²) >= 11 is 0. The molecule has 2 aromatic carbocycles. The van der Waals surface area contributed by atoms with Gasteiger partial charge >= 0.3 is 18.2 Å². The minimum Gasteiger partial charge on any atom is -0.480 e. The van der Waals surface area contributed by atoms with Gasteiger partial charge in [-0.3, -0.25) is 4.79 Å². The van der Waals surface area contributed by atoms with Crippen LogP contribution in [0.5, 0.6) is 0 Å². The zero-order valence-electron chi connectivity index (χ0n) is 24.1. The molecule has 11 nitrogen and oxygen atoms in total. The summed E-state index contributed by atoms with van der Waals surface area (Å²) in [6.07, 6.45) is -1.22. The molecule has 3 amide bonds. The molecule has 0 spiro atoms. The highest BCUT2D eigenvalue weighted by molar-refractivity contribution is 5.89. The number of rotatable bonds is 15. The number of nitrogens with one attached hydrogen (secondary N) is 3. The van der Waals surface area contributed by atoms with Crippen molar-refractivity contribution in [2.75, 3.05) is 6.54 Å². The Morgan fingerprint density at radius 3 is 1.98 bits per heavy atom. The van der Waals surface area contributed by atoms with Crippen molar-refractivity contribution in [1.82, 2.24) is 16.0 Å². The van der Waals surface area contributed by atoms with Gasteiger partial charge in [0.25, 0.3) is 0 Å². The van der Waals surface area contributed by atoms with Crippen molar-refractivity contribution in [2.24, 2.45) is 0 Å². The van der Waals surface area contributed by atoms with Gasteiger partial charge in [-0.25, -0.2) is 14.4 Å². The van der Waals surface area contributed by atoms with Crippen LogP contribution in [0.3, 0.4) is 0 Å². The van der Waals surface area contributed by atoms with Crippen LogP contribution in [0.15, 0.2) is 60.7 Å². The molecule has 0 unspecified atom stereocenters. The normalized spacial score (nSPS) is 13.3. The second kappa shape index (κ2) is 16.9. The predicted octanol–water partition coefficient (Wildman–Crippen LogP) is 4.15. The molecule has 0 radical (unpaired) electrons. The van der Waals surface area contributed by atoms with E-state index in [0.29, 0.717) is 12.8 Å². The van der Waals surface area contributed by atoms with E-state index in [2.05, 4.69) is 16.0 Å². The monoisotopic (exact) mass is 571 g/mol. The van der Waals surface area contributed by atoms with Crippen LogP contribution in [0.4, 0.5) is 9.59 Å². The number of alkyl carbamates (subject to hydrolysis) is 2.